The van der Waals surface area contributed by atoms with Gasteiger partial charge in [0.25, 0.3) is 5.56 Å². The minimum atomic E-state index is -0.150. The summed E-state index contributed by atoms with van der Waals surface area (Å²) in [7, 11) is 0. The molecule has 1 atom stereocenters. The zero-order valence-corrected chi connectivity index (χ0v) is 14.1. The van der Waals surface area contributed by atoms with E-state index in [2.05, 4.69) is 10.3 Å². The van der Waals surface area contributed by atoms with Crippen LogP contribution in [0.3, 0.4) is 0 Å². The number of thioether (sulfide) groups is 1. The number of hydrogen-bond acceptors (Lipinski definition) is 4. The van der Waals surface area contributed by atoms with Crippen molar-refractivity contribution >= 4 is 17.7 Å². The first kappa shape index (κ1) is 16.1. The summed E-state index contributed by atoms with van der Waals surface area (Å²) in [5, 5.41) is 3.60. The van der Waals surface area contributed by atoms with E-state index in [0.29, 0.717) is 6.42 Å². The lowest BCUT2D eigenvalue weighted by atomic mass is 9.92. The molecule has 1 aromatic rings. The number of rotatable bonds is 3. The summed E-state index contributed by atoms with van der Waals surface area (Å²) in [5.74, 6) is 0.705. The number of amides is 1. The molecule has 1 amide bonds. The van der Waals surface area contributed by atoms with Crippen LogP contribution >= 0.6 is 11.8 Å². The van der Waals surface area contributed by atoms with E-state index in [9.17, 15) is 9.59 Å². The van der Waals surface area contributed by atoms with Crippen LogP contribution in [0.25, 0.3) is 0 Å². The van der Waals surface area contributed by atoms with Crippen LogP contribution in [0.2, 0.25) is 0 Å². The topological polar surface area (TPSA) is 64.0 Å². The molecule has 2 heterocycles. The van der Waals surface area contributed by atoms with Crippen molar-refractivity contribution in [2.75, 3.05) is 5.75 Å². The Morgan fingerprint density at radius 2 is 2.19 bits per heavy atom. The number of nitrogens with one attached hydrogen (secondary N) is 1. The van der Waals surface area contributed by atoms with E-state index in [1.807, 2.05) is 34.6 Å². The molecule has 2 rings (SSSR count). The molecule has 21 heavy (non-hydrogen) atoms. The number of carbonyl (C=O) groups is 1. The van der Waals surface area contributed by atoms with Crippen LogP contribution in [0.5, 0.6) is 0 Å². The molecule has 0 saturated heterocycles. The van der Waals surface area contributed by atoms with Gasteiger partial charge < -0.3 is 5.32 Å². The van der Waals surface area contributed by atoms with E-state index < -0.39 is 0 Å². The molecule has 1 aliphatic heterocycles. The van der Waals surface area contributed by atoms with E-state index in [1.54, 1.807) is 22.4 Å². The van der Waals surface area contributed by atoms with Gasteiger partial charge in [0, 0.05) is 29.7 Å². The van der Waals surface area contributed by atoms with E-state index in [-0.39, 0.29) is 29.0 Å². The van der Waals surface area contributed by atoms with Crippen LogP contribution in [0, 0.1) is 0 Å². The van der Waals surface area contributed by atoms with Gasteiger partial charge in [0.1, 0.15) is 0 Å². The maximum Gasteiger partial charge on any atom is 0.254 e. The fourth-order valence-corrected chi connectivity index (χ4v) is 3.43. The van der Waals surface area contributed by atoms with Crippen molar-refractivity contribution in [2.45, 2.75) is 63.7 Å². The Kier molecular flexibility index (Phi) is 4.46. The highest BCUT2D eigenvalue weighted by molar-refractivity contribution is 7.99. The second-order valence-electron chi connectivity index (χ2n) is 6.77. The van der Waals surface area contributed by atoms with E-state index in [4.69, 9.17) is 0 Å². The van der Waals surface area contributed by atoms with Crippen LogP contribution in [0.15, 0.2) is 16.0 Å². The average Bonchev–Trinajstić information content (AvgIpc) is 2.70. The van der Waals surface area contributed by atoms with Gasteiger partial charge in [-0.25, -0.2) is 4.98 Å². The lowest BCUT2D eigenvalue weighted by Gasteiger charge is -2.19. The third kappa shape index (κ3) is 3.67. The van der Waals surface area contributed by atoms with Crippen LogP contribution in [0.4, 0.5) is 0 Å². The molecule has 1 unspecified atom stereocenters. The van der Waals surface area contributed by atoms with E-state index in [1.165, 1.54) is 0 Å². The van der Waals surface area contributed by atoms with Gasteiger partial charge in [0.15, 0.2) is 5.16 Å². The summed E-state index contributed by atoms with van der Waals surface area (Å²) >= 11 is 1.55. The summed E-state index contributed by atoms with van der Waals surface area (Å²) in [6, 6.07) is 1.62. The van der Waals surface area contributed by atoms with Gasteiger partial charge in [-0.15, -0.1) is 0 Å². The molecule has 0 fully saturated rings. The minimum Gasteiger partial charge on any atom is -0.354 e. The third-order valence-electron chi connectivity index (χ3n) is 3.33. The molecule has 0 aromatic carbocycles. The van der Waals surface area contributed by atoms with Gasteiger partial charge in [0.2, 0.25) is 5.91 Å². The Bertz CT molecular complexity index is 602. The lowest BCUT2D eigenvalue weighted by Crippen LogP contribution is -2.34. The normalized spacial score (nSPS) is 17.9. The predicted molar refractivity (Wildman–Crippen MR) is 84.9 cm³/mol. The van der Waals surface area contributed by atoms with Crippen LogP contribution < -0.4 is 10.9 Å². The van der Waals surface area contributed by atoms with Crippen molar-refractivity contribution in [3.8, 4) is 0 Å². The summed E-state index contributed by atoms with van der Waals surface area (Å²) in [6.07, 6.45) is 0.328. The fourth-order valence-electron chi connectivity index (χ4n) is 2.28. The fraction of sp³-hybridized carbons (Fsp3) is 0.667. The average molecular weight is 309 g/mol. The maximum atomic E-state index is 12.4. The Labute approximate surface area is 129 Å². The Morgan fingerprint density at radius 1 is 1.52 bits per heavy atom. The Balaban J connectivity index is 2.25. The first-order valence-electron chi connectivity index (χ1n) is 7.24. The van der Waals surface area contributed by atoms with Gasteiger partial charge in [-0.3, -0.25) is 14.2 Å². The molecule has 0 saturated carbocycles. The second-order valence-corrected chi connectivity index (χ2v) is 7.76. The number of nitrogens with zero attached hydrogens (tertiary/aromatic N) is 2. The number of carbonyl (C=O) groups excluding carboxylic acids is 1. The SMILES string of the molecule is CC(C)NC(=O)CC1CSc2nc(C(C)(C)C)cc(=O)n21. The van der Waals surface area contributed by atoms with Gasteiger partial charge >= 0.3 is 0 Å². The number of aromatic nitrogens is 2. The number of fused-ring (bicyclic) bond motifs is 1. The zero-order valence-electron chi connectivity index (χ0n) is 13.3. The highest BCUT2D eigenvalue weighted by Crippen LogP contribution is 2.33. The van der Waals surface area contributed by atoms with Crippen molar-refractivity contribution in [2.24, 2.45) is 0 Å². The van der Waals surface area contributed by atoms with Crippen LogP contribution in [0.1, 0.15) is 52.8 Å². The van der Waals surface area contributed by atoms with Crippen molar-refractivity contribution in [1.29, 1.82) is 0 Å². The molecular weight excluding hydrogens is 286 g/mol. The van der Waals surface area contributed by atoms with Crippen molar-refractivity contribution in [3.05, 3.63) is 22.1 Å². The zero-order chi connectivity index (χ0) is 15.8. The molecule has 1 N–H and O–H groups in total. The number of hydrogen-bond donors (Lipinski definition) is 1. The van der Waals surface area contributed by atoms with Gasteiger partial charge in [-0.2, -0.15) is 0 Å². The Hall–Kier alpha value is -1.30. The van der Waals surface area contributed by atoms with Gasteiger partial charge in [-0.1, -0.05) is 32.5 Å². The molecule has 1 aliphatic rings. The van der Waals surface area contributed by atoms with Crippen LogP contribution in [-0.2, 0) is 10.2 Å². The summed E-state index contributed by atoms with van der Waals surface area (Å²) in [5.41, 5.74) is 0.596. The van der Waals surface area contributed by atoms with E-state index in [0.717, 1.165) is 16.6 Å². The highest BCUT2D eigenvalue weighted by atomic mass is 32.2. The second kappa shape index (κ2) is 5.83. The lowest BCUT2D eigenvalue weighted by molar-refractivity contribution is -0.122. The monoisotopic (exact) mass is 309 g/mol. The molecule has 5 nitrogen and oxygen atoms in total. The van der Waals surface area contributed by atoms with Crippen molar-refractivity contribution in [1.82, 2.24) is 14.9 Å². The molecule has 0 bridgehead atoms. The maximum absolute atomic E-state index is 12.4. The molecule has 0 radical (unpaired) electrons. The molecule has 116 valence electrons. The largest absolute Gasteiger partial charge is 0.354 e. The highest BCUT2D eigenvalue weighted by Gasteiger charge is 2.29. The molecule has 0 aliphatic carbocycles. The smallest absolute Gasteiger partial charge is 0.254 e. The third-order valence-corrected chi connectivity index (χ3v) is 4.43. The standard InChI is InChI=1S/C15H23N3O2S/c1-9(2)16-12(19)6-10-8-21-14-17-11(15(3,4)5)7-13(20)18(10)14/h7,9-10H,6,8H2,1-5H3,(H,16,19). The summed E-state index contributed by atoms with van der Waals surface area (Å²) < 4.78 is 1.67. The van der Waals surface area contributed by atoms with Crippen molar-refractivity contribution in [3.63, 3.8) is 0 Å². The Morgan fingerprint density at radius 3 is 2.76 bits per heavy atom. The molecule has 6 heteroatoms. The summed E-state index contributed by atoms with van der Waals surface area (Å²) in [6.45, 7) is 9.98. The predicted octanol–water partition coefficient (Wildman–Crippen LogP) is 2.10. The minimum absolute atomic E-state index is 0.0183. The molecular formula is C15H23N3O2S. The van der Waals surface area contributed by atoms with Gasteiger partial charge in [-0.05, 0) is 13.8 Å². The van der Waals surface area contributed by atoms with E-state index >= 15 is 0 Å². The summed E-state index contributed by atoms with van der Waals surface area (Å²) in [4.78, 5) is 28.9. The first-order valence-corrected chi connectivity index (χ1v) is 8.23. The molecule has 1 aromatic heterocycles. The molecule has 0 spiro atoms. The quantitative estimate of drug-likeness (QED) is 0.869. The van der Waals surface area contributed by atoms with Crippen molar-refractivity contribution < 1.29 is 4.79 Å². The first-order chi connectivity index (χ1) is 9.68. The van der Waals surface area contributed by atoms with Crippen LogP contribution in [-0.4, -0.2) is 27.3 Å². The van der Waals surface area contributed by atoms with Gasteiger partial charge in [0.05, 0.1) is 11.7 Å².